The summed E-state index contributed by atoms with van der Waals surface area (Å²) >= 11 is 0. The van der Waals surface area contributed by atoms with Gasteiger partial charge in [-0.3, -0.25) is 4.90 Å². The van der Waals surface area contributed by atoms with Crippen molar-refractivity contribution in [2.24, 2.45) is 0 Å². The topological polar surface area (TPSA) is 24.5 Å². The van der Waals surface area contributed by atoms with E-state index >= 15 is 0 Å². The molecule has 17 heavy (non-hydrogen) atoms. The largest absolute Gasteiger partial charge is 0.385 e. The monoisotopic (exact) mass is 240 g/mol. The van der Waals surface area contributed by atoms with E-state index in [2.05, 4.69) is 17.3 Å². The van der Waals surface area contributed by atoms with Crippen molar-refractivity contribution < 1.29 is 4.74 Å². The van der Waals surface area contributed by atoms with Crippen molar-refractivity contribution in [1.29, 1.82) is 0 Å². The van der Waals surface area contributed by atoms with Crippen molar-refractivity contribution in [2.45, 2.75) is 63.1 Å². The van der Waals surface area contributed by atoms with Crippen LogP contribution in [0.4, 0.5) is 0 Å². The van der Waals surface area contributed by atoms with E-state index in [-0.39, 0.29) is 0 Å². The zero-order chi connectivity index (χ0) is 12.1. The average molecular weight is 240 g/mol. The first-order valence-corrected chi connectivity index (χ1v) is 7.27. The lowest BCUT2D eigenvalue weighted by molar-refractivity contribution is 0.0233. The number of fused-ring (bicyclic) bond motifs is 2. The number of methoxy groups -OCH3 is 1. The summed E-state index contributed by atoms with van der Waals surface area (Å²) in [5.74, 6) is 0. The van der Waals surface area contributed by atoms with Gasteiger partial charge in [0, 0.05) is 31.8 Å². The number of rotatable bonds is 6. The molecule has 100 valence electrons. The Morgan fingerprint density at radius 1 is 1.18 bits per heavy atom. The average Bonchev–Trinajstić information content (AvgIpc) is 2.34. The molecule has 1 N–H and O–H groups in total. The zero-order valence-corrected chi connectivity index (χ0v) is 11.5. The number of hydrogen-bond donors (Lipinski definition) is 1. The lowest BCUT2D eigenvalue weighted by Gasteiger charge is -2.49. The Labute approximate surface area is 106 Å². The quantitative estimate of drug-likeness (QED) is 0.719. The summed E-state index contributed by atoms with van der Waals surface area (Å²) < 4.78 is 5.13. The van der Waals surface area contributed by atoms with Gasteiger partial charge < -0.3 is 10.1 Å². The molecule has 0 aromatic rings. The second-order valence-corrected chi connectivity index (χ2v) is 5.63. The molecule has 0 saturated carbocycles. The highest BCUT2D eigenvalue weighted by molar-refractivity contribution is 4.94. The minimum Gasteiger partial charge on any atom is -0.385 e. The predicted molar refractivity (Wildman–Crippen MR) is 71.3 cm³/mol. The molecule has 2 saturated heterocycles. The van der Waals surface area contributed by atoms with Crippen LogP contribution in [0.3, 0.4) is 0 Å². The molecule has 2 atom stereocenters. The number of unbranched alkanes of at least 4 members (excludes halogenated alkanes) is 1. The molecule has 2 aliphatic rings. The van der Waals surface area contributed by atoms with Gasteiger partial charge in [0.2, 0.25) is 0 Å². The van der Waals surface area contributed by atoms with Crippen LogP contribution in [0.15, 0.2) is 0 Å². The van der Waals surface area contributed by atoms with Crippen molar-refractivity contribution in [2.75, 3.05) is 27.3 Å². The van der Waals surface area contributed by atoms with Crippen LogP contribution >= 0.6 is 0 Å². The first-order valence-electron chi connectivity index (χ1n) is 7.27. The van der Waals surface area contributed by atoms with Gasteiger partial charge in [-0.2, -0.15) is 0 Å². The van der Waals surface area contributed by atoms with Crippen LogP contribution in [0.5, 0.6) is 0 Å². The molecule has 2 aliphatic heterocycles. The SMILES string of the molecule is CNC1CC2CCCC(C1)N2CCCCOC. The first kappa shape index (κ1) is 13.3. The van der Waals surface area contributed by atoms with Gasteiger partial charge in [-0.1, -0.05) is 6.42 Å². The Bertz CT molecular complexity index is 208. The van der Waals surface area contributed by atoms with Crippen LogP contribution in [0.1, 0.15) is 44.9 Å². The van der Waals surface area contributed by atoms with E-state index in [1.807, 2.05) is 0 Å². The summed E-state index contributed by atoms with van der Waals surface area (Å²) in [5, 5.41) is 3.48. The summed E-state index contributed by atoms with van der Waals surface area (Å²) in [6.45, 7) is 2.21. The van der Waals surface area contributed by atoms with Crippen molar-refractivity contribution in [3.05, 3.63) is 0 Å². The highest BCUT2D eigenvalue weighted by Crippen LogP contribution is 2.34. The maximum Gasteiger partial charge on any atom is 0.0462 e. The predicted octanol–water partition coefficient (Wildman–Crippen LogP) is 2.02. The molecule has 2 fully saturated rings. The third-order valence-electron chi connectivity index (χ3n) is 4.55. The van der Waals surface area contributed by atoms with Crippen LogP contribution in [0.2, 0.25) is 0 Å². The first-order chi connectivity index (χ1) is 8.35. The molecule has 0 radical (unpaired) electrons. The Morgan fingerprint density at radius 3 is 2.47 bits per heavy atom. The fraction of sp³-hybridized carbons (Fsp3) is 1.00. The van der Waals surface area contributed by atoms with Crippen LogP contribution < -0.4 is 5.32 Å². The molecule has 2 bridgehead atoms. The van der Waals surface area contributed by atoms with E-state index in [1.165, 1.54) is 51.5 Å². The number of hydrogen-bond acceptors (Lipinski definition) is 3. The molecule has 0 aromatic heterocycles. The van der Waals surface area contributed by atoms with E-state index in [9.17, 15) is 0 Å². The number of nitrogens with zero attached hydrogens (tertiary/aromatic N) is 1. The van der Waals surface area contributed by atoms with Gasteiger partial charge in [0.05, 0.1) is 0 Å². The molecule has 2 unspecified atom stereocenters. The van der Waals surface area contributed by atoms with Gasteiger partial charge in [-0.25, -0.2) is 0 Å². The van der Waals surface area contributed by atoms with Gasteiger partial charge in [-0.05, 0) is 52.1 Å². The number of ether oxygens (including phenoxy) is 1. The second kappa shape index (κ2) is 6.72. The minimum atomic E-state index is 0.764. The molecule has 3 nitrogen and oxygen atoms in total. The molecule has 0 amide bonds. The second-order valence-electron chi connectivity index (χ2n) is 5.63. The van der Waals surface area contributed by atoms with Crippen molar-refractivity contribution in [3.8, 4) is 0 Å². The van der Waals surface area contributed by atoms with Gasteiger partial charge in [-0.15, -0.1) is 0 Å². The molecular formula is C14H28N2O. The maximum atomic E-state index is 5.13. The molecule has 0 spiro atoms. The minimum absolute atomic E-state index is 0.764. The smallest absolute Gasteiger partial charge is 0.0462 e. The van der Waals surface area contributed by atoms with E-state index in [1.54, 1.807) is 7.11 Å². The Hall–Kier alpha value is -0.120. The number of piperidine rings is 2. The van der Waals surface area contributed by atoms with E-state index in [0.717, 1.165) is 24.7 Å². The molecular weight excluding hydrogens is 212 g/mol. The Morgan fingerprint density at radius 2 is 1.88 bits per heavy atom. The van der Waals surface area contributed by atoms with Gasteiger partial charge in [0.15, 0.2) is 0 Å². The lowest BCUT2D eigenvalue weighted by atomic mass is 9.81. The summed E-state index contributed by atoms with van der Waals surface area (Å²) in [7, 11) is 3.92. The molecule has 3 heteroatoms. The summed E-state index contributed by atoms with van der Waals surface area (Å²) in [6, 6.07) is 2.46. The van der Waals surface area contributed by atoms with Crippen LogP contribution in [0, 0.1) is 0 Å². The van der Waals surface area contributed by atoms with Crippen molar-refractivity contribution in [3.63, 3.8) is 0 Å². The summed E-state index contributed by atoms with van der Waals surface area (Å²) in [6.07, 6.45) is 9.50. The molecule has 2 heterocycles. The highest BCUT2D eigenvalue weighted by atomic mass is 16.5. The molecule has 0 aliphatic carbocycles. The maximum absolute atomic E-state index is 5.13. The van der Waals surface area contributed by atoms with Crippen LogP contribution in [-0.2, 0) is 4.74 Å². The standard InChI is InChI=1S/C14H28N2O/c1-15-12-10-13-6-5-7-14(11-12)16(13)8-3-4-9-17-2/h12-15H,3-11H2,1-2H3. The van der Waals surface area contributed by atoms with Crippen molar-refractivity contribution in [1.82, 2.24) is 10.2 Å². The number of nitrogens with one attached hydrogen (secondary N) is 1. The highest BCUT2D eigenvalue weighted by Gasteiger charge is 2.36. The van der Waals surface area contributed by atoms with E-state index < -0.39 is 0 Å². The summed E-state index contributed by atoms with van der Waals surface area (Å²) in [4.78, 5) is 2.80. The fourth-order valence-electron chi connectivity index (χ4n) is 3.62. The van der Waals surface area contributed by atoms with Crippen LogP contribution in [-0.4, -0.2) is 50.3 Å². The van der Waals surface area contributed by atoms with Crippen molar-refractivity contribution >= 4 is 0 Å². The molecule has 2 rings (SSSR count). The third kappa shape index (κ3) is 3.43. The molecule has 0 aromatic carbocycles. The zero-order valence-electron chi connectivity index (χ0n) is 11.5. The fourth-order valence-corrected chi connectivity index (χ4v) is 3.62. The normalized spacial score (nSPS) is 33.9. The Balaban J connectivity index is 1.80. The lowest BCUT2D eigenvalue weighted by Crippen LogP contribution is -2.55. The van der Waals surface area contributed by atoms with Gasteiger partial charge in [0.25, 0.3) is 0 Å². The van der Waals surface area contributed by atoms with E-state index in [0.29, 0.717) is 0 Å². The van der Waals surface area contributed by atoms with Crippen LogP contribution in [0.25, 0.3) is 0 Å². The van der Waals surface area contributed by atoms with E-state index in [4.69, 9.17) is 4.74 Å². The third-order valence-corrected chi connectivity index (χ3v) is 4.55. The Kier molecular flexibility index (Phi) is 5.26. The van der Waals surface area contributed by atoms with Gasteiger partial charge >= 0.3 is 0 Å². The summed E-state index contributed by atoms with van der Waals surface area (Å²) in [5.41, 5.74) is 0. The van der Waals surface area contributed by atoms with Gasteiger partial charge in [0.1, 0.15) is 0 Å².